The van der Waals surface area contributed by atoms with Crippen LogP contribution < -0.4 is 0 Å². The summed E-state index contributed by atoms with van der Waals surface area (Å²) in [4.78, 5) is 10.8. The number of carboxylic acid groups (broad SMARTS) is 1. The zero-order valence-electron chi connectivity index (χ0n) is 12.1. The SMILES string of the molecule is CSC1CCC(n2c(SCC(=O)O)nnc2C(C)C)C1. The second-order valence-electron chi connectivity index (χ2n) is 5.37. The van der Waals surface area contributed by atoms with Crippen LogP contribution in [0.15, 0.2) is 5.16 Å². The normalized spacial score (nSPS) is 22.6. The molecule has 2 rings (SSSR count). The summed E-state index contributed by atoms with van der Waals surface area (Å²) in [6.07, 6.45) is 5.62. The lowest BCUT2D eigenvalue weighted by Crippen LogP contribution is -2.13. The van der Waals surface area contributed by atoms with E-state index in [1.165, 1.54) is 18.2 Å². The van der Waals surface area contributed by atoms with Crippen molar-refractivity contribution in [3.05, 3.63) is 5.82 Å². The van der Waals surface area contributed by atoms with Gasteiger partial charge < -0.3 is 9.67 Å². The lowest BCUT2D eigenvalue weighted by atomic mass is 10.2. The van der Waals surface area contributed by atoms with Gasteiger partial charge in [0.1, 0.15) is 5.82 Å². The Balaban J connectivity index is 2.23. The van der Waals surface area contributed by atoms with Crippen molar-refractivity contribution in [3.8, 4) is 0 Å². The zero-order valence-corrected chi connectivity index (χ0v) is 13.7. The van der Waals surface area contributed by atoms with E-state index in [4.69, 9.17) is 5.11 Å². The van der Waals surface area contributed by atoms with Crippen molar-refractivity contribution in [2.24, 2.45) is 0 Å². The van der Waals surface area contributed by atoms with Crippen molar-refractivity contribution < 1.29 is 9.90 Å². The number of nitrogens with zero attached hydrogens (tertiary/aromatic N) is 3. The molecule has 1 aromatic rings. The van der Waals surface area contributed by atoms with Gasteiger partial charge in [-0.15, -0.1) is 10.2 Å². The maximum absolute atomic E-state index is 10.8. The van der Waals surface area contributed by atoms with Crippen molar-refractivity contribution in [2.75, 3.05) is 12.0 Å². The Morgan fingerprint density at radius 3 is 2.75 bits per heavy atom. The standard InChI is InChI=1S/C13H21N3O2S2/c1-8(2)12-14-15-13(20-7-11(17)18)16(12)9-4-5-10(6-9)19-3/h8-10H,4-7H2,1-3H3,(H,17,18). The summed E-state index contributed by atoms with van der Waals surface area (Å²) in [6, 6.07) is 0.413. The lowest BCUT2D eigenvalue weighted by Gasteiger charge is -2.18. The number of thioether (sulfide) groups is 2. The van der Waals surface area contributed by atoms with E-state index in [0.717, 1.165) is 23.8 Å². The molecule has 0 amide bonds. The number of rotatable bonds is 6. The van der Waals surface area contributed by atoms with Gasteiger partial charge in [-0.1, -0.05) is 25.6 Å². The quantitative estimate of drug-likeness (QED) is 0.814. The number of aromatic nitrogens is 3. The largest absolute Gasteiger partial charge is 0.481 e. The monoisotopic (exact) mass is 315 g/mol. The molecule has 0 aliphatic heterocycles. The number of hydrogen-bond acceptors (Lipinski definition) is 5. The third kappa shape index (κ3) is 3.49. The van der Waals surface area contributed by atoms with Crippen LogP contribution in [-0.4, -0.2) is 43.1 Å². The fourth-order valence-corrected chi connectivity index (χ4v) is 4.14. The minimum absolute atomic E-state index is 0.0366. The van der Waals surface area contributed by atoms with Gasteiger partial charge in [0.2, 0.25) is 0 Å². The maximum Gasteiger partial charge on any atom is 0.313 e. The highest BCUT2D eigenvalue weighted by molar-refractivity contribution is 7.99. The molecule has 0 bridgehead atoms. The van der Waals surface area contributed by atoms with Crippen molar-refractivity contribution >= 4 is 29.5 Å². The first-order chi connectivity index (χ1) is 9.52. The second kappa shape index (κ2) is 6.85. The van der Waals surface area contributed by atoms with E-state index in [9.17, 15) is 4.79 Å². The molecule has 0 saturated heterocycles. The average molecular weight is 315 g/mol. The Hall–Kier alpha value is -0.690. The second-order valence-corrected chi connectivity index (χ2v) is 7.45. The predicted molar refractivity (Wildman–Crippen MR) is 82.7 cm³/mol. The van der Waals surface area contributed by atoms with Crippen LogP contribution in [0.1, 0.15) is 50.9 Å². The van der Waals surface area contributed by atoms with Crippen LogP contribution >= 0.6 is 23.5 Å². The zero-order chi connectivity index (χ0) is 14.7. The summed E-state index contributed by atoms with van der Waals surface area (Å²) in [5.41, 5.74) is 0. The van der Waals surface area contributed by atoms with E-state index in [2.05, 4.69) is 34.9 Å². The van der Waals surface area contributed by atoms with E-state index < -0.39 is 5.97 Å². The van der Waals surface area contributed by atoms with Crippen LogP contribution in [0, 0.1) is 0 Å². The number of aliphatic carboxylic acids is 1. The van der Waals surface area contributed by atoms with Gasteiger partial charge in [-0.3, -0.25) is 4.79 Å². The highest BCUT2D eigenvalue weighted by atomic mass is 32.2. The molecule has 1 saturated carbocycles. The molecule has 1 fully saturated rings. The maximum atomic E-state index is 10.8. The van der Waals surface area contributed by atoms with Crippen LogP contribution in [0.3, 0.4) is 0 Å². The molecule has 2 unspecified atom stereocenters. The lowest BCUT2D eigenvalue weighted by molar-refractivity contribution is -0.133. The Morgan fingerprint density at radius 1 is 1.45 bits per heavy atom. The highest BCUT2D eigenvalue weighted by Gasteiger charge is 2.30. The molecule has 0 aromatic carbocycles. The number of carbonyl (C=O) groups is 1. The van der Waals surface area contributed by atoms with E-state index in [1.807, 2.05) is 11.8 Å². The van der Waals surface area contributed by atoms with Gasteiger partial charge in [-0.2, -0.15) is 11.8 Å². The van der Waals surface area contributed by atoms with Gasteiger partial charge in [-0.25, -0.2) is 0 Å². The molecule has 112 valence electrons. The van der Waals surface area contributed by atoms with E-state index in [1.54, 1.807) is 0 Å². The molecule has 1 aliphatic carbocycles. The molecule has 0 spiro atoms. The first-order valence-corrected chi connectivity index (χ1v) is 9.12. The minimum Gasteiger partial charge on any atom is -0.481 e. The van der Waals surface area contributed by atoms with Gasteiger partial charge in [0.05, 0.1) is 5.75 Å². The molecular formula is C13H21N3O2S2. The number of hydrogen-bond donors (Lipinski definition) is 1. The van der Waals surface area contributed by atoms with Crippen LogP contribution in [0.2, 0.25) is 0 Å². The molecule has 20 heavy (non-hydrogen) atoms. The van der Waals surface area contributed by atoms with Crippen LogP contribution in [0.4, 0.5) is 0 Å². The van der Waals surface area contributed by atoms with Gasteiger partial charge in [-0.05, 0) is 25.5 Å². The first-order valence-electron chi connectivity index (χ1n) is 6.85. The molecule has 1 aromatic heterocycles. The molecule has 7 heteroatoms. The minimum atomic E-state index is -0.816. The molecule has 2 atom stereocenters. The van der Waals surface area contributed by atoms with Gasteiger partial charge in [0, 0.05) is 17.2 Å². The predicted octanol–water partition coefficient (Wildman–Crippen LogP) is 3.03. The van der Waals surface area contributed by atoms with Crippen molar-refractivity contribution in [2.45, 2.75) is 55.5 Å². The summed E-state index contributed by atoms with van der Waals surface area (Å²) in [7, 11) is 0. The Kier molecular flexibility index (Phi) is 5.37. The molecule has 1 heterocycles. The van der Waals surface area contributed by atoms with E-state index in [0.29, 0.717) is 17.2 Å². The fourth-order valence-electron chi connectivity index (χ4n) is 2.62. The third-order valence-electron chi connectivity index (χ3n) is 3.59. The average Bonchev–Trinajstić information content (AvgIpc) is 3.02. The first kappa shape index (κ1) is 15.7. The van der Waals surface area contributed by atoms with Gasteiger partial charge in [0.15, 0.2) is 5.16 Å². The van der Waals surface area contributed by atoms with Crippen LogP contribution in [0.5, 0.6) is 0 Å². The topological polar surface area (TPSA) is 68.0 Å². The van der Waals surface area contributed by atoms with Crippen LogP contribution in [-0.2, 0) is 4.79 Å². The highest BCUT2D eigenvalue weighted by Crippen LogP contribution is 2.39. The van der Waals surface area contributed by atoms with E-state index in [-0.39, 0.29) is 5.75 Å². The Morgan fingerprint density at radius 2 is 2.20 bits per heavy atom. The number of carboxylic acids is 1. The fraction of sp³-hybridized carbons (Fsp3) is 0.769. The third-order valence-corrected chi connectivity index (χ3v) is 5.61. The molecule has 1 aliphatic rings. The van der Waals surface area contributed by atoms with E-state index >= 15 is 0 Å². The Bertz CT molecular complexity index is 476. The summed E-state index contributed by atoms with van der Waals surface area (Å²) >= 11 is 3.19. The summed E-state index contributed by atoms with van der Waals surface area (Å²) in [5, 5.41) is 18.8. The van der Waals surface area contributed by atoms with Crippen molar-refractivity contribution in [1.82, 2.24) is 14.8 Å². The Labute approximate surface area is 127 Å². The van der Waals surface area contributed by atoms with Crippen molar-refractivity contribution in [1.29, 1.82) is 0 Å². The smallest absolute Gasteiger partial charge is 0.313 e. The van der Waals surface area contributed by atoms with Crippen molar-refractivity contribution in [3.63, 3.8) is 0 Å². The summed E-state index contributed by atoms with van der Waals surface area (Å²) in [6.45, 7) is 4.21. The van der Waals surface area contributed by atoms with Gasteiger partial charge in [0.25, 0.3) is 0 Å². The summed E-state index contributed by atoms with van der Waals surface area (Å²) in [5.74, 6) is 0.498. The molecule has 0 radical (unpaired) electrons. The molecular weight excluding hydrogens is 294 g/mol. The molecule has 1 N–H and O–H groups in total. The molecule has 5 nitrogen and oxygen atoms in total. The van der Waals surface area contributed by atoms with Gasteiger partial charge >= 0.3 is 5.97 Å². The van der Waals surface area contributed by atoms with Crippen LogP contribution in [0.25, 0.3) is 0 Å². The summed E-state index contributed by atoms with van der Waals surface area (Å²) < 4.78 is 2.19.